The summed E-state index contributed by atoms with van der Waals surface area (Å²) in [6.07, 6.45) is 3.46. The molecule has 1 amide bonds. The number of nitrogens with zero attached hydrogens (tertiary/aromatic N) is 3. The largest absolute Gasteiger partial charge is 0.394 e. The lowest BCUT2D eigenvalue weighted by molar-refractivity contribution is 0.0720. The normalized spacial score (nSPS) is 21.9. The minimum atomic E-state index is -1.74. The number of halogens is 2. The molecule has 8 heteroatoms. The van der Waals surface area contributed by atoms with Crippen LogP contribution in [-0.2, 0) is 6.42 Å². The predicted molar refractivity (Wildman–Crippen MR) is 94.4 cm³/mol. The van der Waals surface area contributed by atoms with E-state index < -0.39 is 24.2 Å². The zero-order valence-electron chi connectivity index (χ0n) is 14.5. The highest BCUT2D eigenvalue weighted by atomic mass is 35.5. The summed E-state index contributed by atoms with van der Waals surface area (Å²) in [6, 6.07) is 2.38. The van der Waals surface area contributed by atoms with Gasteiger partial charge in [-0.2, -0.15) is 5.10 Å². The number of amides is 1. The third-order valence-electron chi connectivity index (χ3n) is 5.22. The van der Waals surface area contributed by atoms with Gasteiger partial charge in [0.15, 0.2) is 11.5 Å². The predicted octanol–water partition coefficient (Wildman–Crippen LogP) is 2.42. The summed E-state index contributed by atoms with van der Waals surface area (Å²) < 4.78 is 15.8. The Morgan fingerprint density at radius 1 is 1.58 bits per heavy atom. The highest BCUT2D eigenvalue weighted by molar-refractivity contribution is 6.30. The second kappa shape index (κ2) is 6.03. The topological polar surface area (TPSA) is 80.0 Å². The fourth-order valence-corrected chi connectivity index (χ4v) is 3.80. The first-order chi connectivity index (χ1) is 12.3. The maximum Gasteiger partial charge on any atom is 0.272 e. The maximum atomic E-state index is 14.2. The maximum absolute atomic E-state index is 14.2. The molecule has 0 aliphatic heterocycles. The summed E-state index contributed by atoms with van der Waals surface area (Å²) in [5.74, 6) is 0.996. The first-order valence-corrected chi connectivity index (χ1v) is 9.01. The summed E-state index contributed by atoms with van der Waals surface area (Å²) in [6.45, 7) is 2.16. The van der Waals surface area contributed by atoms with Gasteiger partial charge in [0.1, 0.15) is 5.67 Å². The number of aromatic nitrogens is 3. The van der Waals surface area contributed by atoms with Crippen molar-refractivity contribution in [3.05, 3.63) is 40.3 Å². The fraction of sp³-hybridized carbons (Fsp3) is 0.500. The molecule has 2 aliphatic rings. The smallest absolute Gasteiger partial charge is 0.272 e. The minimum absolute atomic E-state index is 0.275. The van der Waals surface area contributed by atoms with Crippen LogP contribution in [0.25, 0.3) is 5.82 Å². The van der Waals surface area contributed by atoms with Gasteiger partial charge in [0.2, 0.25) is 0 Å². The molecule has 0 unspecified atom stereocenters. The molecule has 2 aromatic heterocycles. The molecule has 2 N–H and O–H groups in total. The highest BCUT2D eigenvalue weighted by Gasteiger charge is 2.50. The summed E-state index contributed by atoms with van der Waals surface area (Å²) >= 11 is 6.07. The molecule has 0 bridgehead atoms. The van der Waals surface area contributed by atoms with Gasteiger partial charge in [-0.15, -0.1) is 0 Å². The summed E-state index contributed by atoms with van der Waals surface area (Å²) in [4.78, 5) is 17.1. The Morgan fingerprint density at radius 3 is 3.00 bits per heavy atom. The number of rotatable bonds is 5. The third-order valence-corrected chi connectivity index (χ3v) is 5.45. The van der Waals surface area contributed by atoms with Crippen LogP contribution >= 0.6 is 11.6 Å². The van der Waals surface area contributed by atoms with Crippen LogP contribution in [0.3, 0.4) is 0 Å². The number of alkyl halides is 1. The third kappa shape index (κ3) is 2.89. The number of fused-ring (bicyclic) bond motifs is 3. The van der Waals surface area contributed by atoms with E-state index in [1.165, 1.54) is 13.8 Å². The van der Waals surface area contributed by atoms with Gasteiger partial charge in [0.05, 0.1) is 18.3 Å². The van der Waals surface area contributed by atoms with Crippen LogP contribution in [0.2, 0.25) is 5.02 Å². The van der Waals surface area contributed by atoms with Crippen LogP contribution in [-0.4, -0.2) is 44.1 Å². The van der Waals surface area contributed by atoms with Crippen molar-refractivity contribution < 1.29 is 14.3 Å². The minimum Gasteiger partial charge on any atom is -0.394 e. The number of hydrogen-bond donors (Lipinski definition) is 2. The molecule has 2 heterocycles. The molecule has 2 aliphatic carbocycles. The Labute approximate surface area is 155 Å². The van der Waals surface area contributed by atoms with Crippen LogP contribution in [0.1, 0.15) is 47.9 Å². The van der Waals surface area contributed by atoms with E-state index in [2.05, 4.69) is 15.4 Å². The van der Waals surface area contributed by atoms with Crippen molar-refractivity contribution in [2.45, 2.75) is 44.3 Å². The monoisotopic (exact) mass is 378 g/mol. The number of hydrogen-bond acceptors (Lipinski definition) is 4. The number of nitrogens with one attached hydrogen (secondary N) is 1. The molecule has 26 heavy (non-hydrogen) atoms. The van der Waals surface area contributed by atoms with Gasteiger partial charge in [0, 0.05) is 28.8 Å². The van der Waals surface area contributed by atoms with E-state index in [1.807, 2.05) is 0 Å². The van der Waals surface area contributed by atoms with Gasteiger partial charge in [-0.05, 0) is 38.7 Å². The summed E-state index contributed by atoms with van der Waals surface area (Å²) in [7, 11) is 0. The molecule has 1 saturated carbocycles. The Hall–Kier alpha value is -1.99. The second-order valence-corrected chi connectivity index (χ2v) is 7.97. The van der Waals surface area contributed by atoms with Crippen LogP contribution in [0.4, 0.5) is 4.39 Å². The van der Waals surface area contributed by atoms with Crippen molar-refractivity contribution in [3.8, 4) is 5.82 Å². The average Bonchev–Trinajstić information content (AvgIpc) is 3.07. The van der Waals surface area contributed by atoms with Crippen LogP contribution < -0.4 is 5.32 Å². The molecule has 0 aromatic carbocycles. The number of carbonyl (C=O) groups excluding carboxylic acids is 1. The highest BCUT2D eigenvalue weighted by Crippen LogP contribution is 2.57. The number of aliphatic hydroxyl groups excluding tert-OH is 1. The summed E-state index contributed by atoms with van der Waals surface area (Å²) in [5, 5.41) is 17.0. The molecule has 2 aromatic rings. The van der Waals surface area contributed by atoms with Gasteiger partial charge < -0.3 is 10.4 Å². The van der Waals surface area contributed by atoms with E-state index in [9.17, 15) is 14.3 Å². The van der Waals surface area contributed by atoms with E-state index in [4.69, 9.17) is 11.6 Å². The van der Waals surface area contributed by atoms with Crippen molar-refractivity contribution in [1.29, 1.82) is 0 Å². The molecular formula is C18H20ClFN4O2. The first-order valence-electron chi connectivity index (χ1n) is 8.64. The summed E-state index contributed by atoms with van der Waals surface area (Å²) in [5.41, 5.74) is 0.415. The first kappa shape index (κ1) is 17.4. The quantitative estimate of drug-likeness (QED) is 0.837. The molecule has 0 spiro atoms. The molecule has 3 atom stereocenters. The van der Waals surface area contributed by atoms with Gasteiger partial charge in [0.25, 0.3) is 5.91 Å². The van der Waals surface area contributed by atoms with Crippen LogP contribution in [0.15, 0.2) is 18.3 Å². The molecule has 1 fully saturated rings. The number of carbonyl (C=O) groups is 1. The zero-order valence-corrected chi connectivity index (χ0v) is 15.3. The van der Waals surface area contributed by atoms with E-state index in [0.29, 0.717) is 22.7 Å². The fourth-order valence-electron chi connectivity index (χ4n) is 3.64. The van der Waals surface area contributed by atoms with E-state index in [1.54, 1.807) is 23.0 Å². The molecular weight excluding hydrogens is 359 g/mol. The molecule has 4 rings (SSSR count). The van der Waals surface area contributed by atoms with Crippen molar-refractivity contribution in [1.82, 2.24) is 20.1 Å². The van der Waals surface area contributed by atoms with Crippen molar-refractivity contribution in [2.75, 3.05) is 6.61 Å². The van der Waals surface area contributed by atoms with Crippen molar-refractivity contribution in [2.24, 2.45) is 5.92 Å². The molecule has 0 radical (unpaired) electrons. The molecule has 0 saturated heterocycles. The van der Waals surface area contributed by atoms with E-state index >= 15 is 0 Å². The van der Waals surface area contributed by atoms with Crippen molar-refractivity contribution in [3.63, 3.8) is 0 Å². The Balaban J connectivity index is 1.71. The van der Waals surface area contributed by atoms with Crippen LogP contribution in [0.5, 0.6) is 0 Å². The Morgan fingerprint density at radius 2 is 2.35 bits per heavy atom. The van der Waals surface area contributed by atoms with E-state index in [-0.39, 0.29) is 5.69 Å². The SMILES string of the molecule is CC(C)(F)[C@H](CO)NC(=O)c1nn(-c2cc(Cl)ccn2)c2c1C[C@@H]1C[C@H]21. The van der Waals surface area contributed by atoms with Gasteiger partial charge in [-0.25, -0.2) is 14.1 Å². The van der Waals surface area contributed by atoms with Gasteiger partial charge in [-0.1, -0.05) is 11.6 Å². The lowest BCUT2D eigenvalue weighted by atomic mass is 10.0. The average molecular weight is 379 g/mol. The van der Waals surface area contributed by atoms with Gasteiger partial charge >= 0.3 is 0 Å². The number of pyridine rings is 1. The zero-order chi connectivity index (χ0) is 18.6. The van der Waals surface area contributed by atoms with Crippen molar-refractivity contribution >= 4 is 17.5 Å². The lowest BCUT2D eigenvalue weighted by Crippen LogP contribution is -2.49. The van der Waals surface area contributed by atoms with Gasteiger partial charge in [-0.3, -0.25) is 4.79 Å². The second-order valence-electron chi connectivity index (χ2n) is 7.54. The van der Waals surface area contributed by atoms with Crippen LogP contribution in [0, 0.1) is 5.92 Å². The Bertz CT molecular complexity index is 877. The Kier molecular flexibility index (Phi) is 4.04. The molecule has 6 nitrogen and oxygen atoms in total. The molecule has 138 valence electrons. The number of aliphatic hydroxyl groups is 1. The standard InChI is InChI=1S/C18H20ClFN4O2/c1-18(2,20)13(8-25)22-17(26)15-12-6-9-5-11(9)16(12)24(23-15)14-7-10(19)3-4-21-14/h3-4,7,9,11,13,25H,5-6,8H2,1-2H3,(H,22,26)/t9-,11-,13-/m0/s1. The lowest BCUT2D eigenvalue weighted by Gasteiger charge is -2.25. The van der Waals surface area contributed by atoms with E-state index in [0.717, 1.165) is 24.1 Å².